The molecule has 3 aromatic rings. The highest BCUT2D eigenvalue weighted by atomic mass is 79.9. The first-order chi connectivity index (χ1) is 11.5. The summed E-state index contributed by atoms with van der Waals surface area (Å²) in [7, 11) is -2.08. The molecule has 3 aromatic carbocycles. The van der Waals surface area contributed by atoms with Crippen molar-refractivity contribution in [2.75, 3.05) is 7.11 Å². The van der Waals surface area contributed by atoms with Gasteiger partial charge in [-0.1, -0.05) is 42.5 Å². The van der Waals surface area contributed by atoms with E-state index in [2.05, 4.69) is 20.7 Å². The minimum absolute atomic E-state index is 0.190. The van der Waals surface area contributed by atoms with Crippen LogP contribution >= 0.6 is 15.9 Å². The monoisotopic (exact) mass is 405 g/mol. The van der Waals surface area contributed by atoms with E-state index in [1.54, 1.807) is 6.07 Å². The SMILES string of the molecule is COc1ccc(S(=O)(=O)NCc2cccc3ccccc23)cc1Br. The van der Waals surface area contributed by atoms with Gasteiger partial charge in [-0.05, 0) is 50.5 Å². The Hall–Kier alpha value is -1.89. The Morgan fingerprint density at radius 1 is 1.04 bits per heavy atom. The lowest BCUT2D eigenvalue weighted by Gasteiger charge is -2.10. The summed E-state index contributed by atoms with van der Waals surface area (Å²) in [6.45, 7) is 0.229. The lowest BCUT2D eigenvalue weighted by molar-refractivity contribution is 0.411. The Bertz CT molecular complexity index is 981. The number of halogens is 1. The van der Waals surface area contributed by atoms with E-state index in [-0.39, 0.29) is 11.4 Å². The molecule has 124 valence electrons. The molecular formula is C18H16BrNO3S. The van der Waals surface area contributed by atoms with Gasteiger partial charge in [0.15, 0.2) is 0 Å². The predicted molar refractivity (Wildman–Crippen MR) is 98.7 cm³/mol. The average molecular weight is 406 g/mol. The number of fused-ring (bicyclic) bond motifs is 1. The molecule has 0 saturated carbocycles. The van der Waals surface area contributed by atoms with Gasteiger partial charge in [0, 0.05) is 6.54 Å². The van der Waals surface area contributed by atoms with Crippen LogP contribution < -0.4 is 9.46 Å². The Balaban J connectivity index is 1.86. The molecule has 0 heterocycles. The molecule has 0 atom stereocenters. The van der Waals surface area contributed by atoms with Crippen LogP contribution in [0, 0.1) is 0 Å². The summed E-state index contributed by atoms with van der Waals surface area (Å²) in [5.41, 5.74) is 0.934. The minimum Gasteiger partial charge on any atom is -0.496 e. The van der Waals surface area contributed by atoms with Gasteiger partial charge in [0.2, 0.25) is 10.0 Å². The van der Waals surface area contributed by atoms with Crippen LogP contribution in [0.15, 0.2) is 70.0 Å². The number of hydrogen-bond acceptors (Lipinski definition) is 3. The van der Waals surface area contributed by atoms with E-state index in [9.17, 15) is 8.42 Å². The second kappa shape index (κ2) is 6.93. The molecular weight excluding hydrogens is 390 g/mol. The number of benzene rings is 3. The van der Waals surface area contributed by atoms with Gasteiger partial charge in [-0.3, -0.25) is 0 Å². The number of sulfonamides is 1. The van der Waals surface area contributed by atoms with E-state index in [0.717, 1.165) is 16.3 Å². The van der Waals surface area contributed by atoms with Gasteiger partial charge in [-0.25, -0.2) is 13.1 Å². The van der Waals surface area contributed by atoms with E-state index < -0.39 is 10.0 Å². The van der Waals surface area contributed by atoms with E-state index in [0.29, 0.717) is 10.2 Å². The summed E-state index contributed by atoms with van der Waals surface area (Å²) in [4.78, 5) is 0.190. The van der Waals surface area contributed by atoms with Crippen LogP contribution in [0.1, 0.15) is 5.56 Å². The van der Waals surface area contributed by atoms with Gasteiger partial charge in [-0.15, -0.1) is 0 Å². The fourth-order valence-corrected chi connectivity index (χ4v) is 4.24. The van der Waals surface area contributed by atoms with Gasteiger partial charge < -0.3 is 4.74 Å². The summed E-state index contributed by atoms with van der Waals surface area (Å²) < 4.78 is 33.4. The third-order valence-corrected chi connectivity index (χ3v) is 5.78. The molecule has 6 heteroatoms. The first kappa shape index (κ1) is 17.0. The number of methoxy groups -OCH3 is 1. The van der Waals surface area contributed by atoms with Crippen LogP contribution in [-0.2, 0) is 16.6 Å². The van der Waals surface area contributed by atoms with E-state index in [4.69, 9.17) is 4.74 Å². The van der Waals surface area contributed by atoms with Crippen molar-refractivity contribution in [1.82, 2.24) is 4.72 Å². The van der Waals surface area contributed by atoms with Crippen molar-refractivity contribution in [3.8, 4) is 5.75 Å². The lowest BCUT2D eigenvalue weighted by atomic mass is 10.1. The fraction of sp³-hybridized carbons (Fsp3) is 0.111. The molecule has 0 aliphatic heterocycles. The van der Waals surface area contributed by atoms with Gasteiger partial charge in [0.1, 0.15) is 5.75 Å². The molecule has 1 N–H and O–H groups in total. The standard InChI is InChI=1S/C18H16BrNO3S/c1-23-18-10-9-15(11-17(18)19)24(21,22)20-12-14-7-4-6-13-5-2-3-8-16(13)14/h2-11,20H,12H2,1H3. The zero-order valence-electron chi connectivity index (χ0n) is 13.0. The second-order valence-electron chi connectivity index (χ2n) is 5.26. The maximum absolute atomic E-state index is 12.5. The summed E-state index contributed by atoms with van der Waals surface area (Å²) >= 11 is 3.31. The Morgan fingerprint density at radius 2 is 1.79 bits per heavy atom. The maximum atomic E-state index is 12.5. The number of nitrogens with one attached hydrogen (secondary N) is 1. The number of rotatable bonds is 5. The molecule has 4 nitrogen and oxygen atoms in total. The first-order valence-electron chi connectivity index (χ1n) is 7.31. The summed E-state index contributed by atoms with van der Waals surface area (Å²) in [5, 5.41) is 2.13. The largest absolute Gasteiger partial charge is 0.496 e. The Kier molecular flexibility index (Phi) is 4.89. The highest BCUT2D eigenvalue weighted by Crippen LogP contribution is 2.27. The van der Waals surface area contributed by atoms with Gasteiger partial charge in [-0.2, -0.15) is 0 Å². The predicted octanol–water partition coefficient (Wildman–Crippen LogP) is 4.09. The van der Waals surface area contributed by atoms with Crippen molar-refractivity contribution >= 4 is 36.7 Å². The number of ether oxygens (including phenoxy) is 1. The first-order valence-corrected chi connectivity index (χ1v) is 9.59. The van der Waals surface area contributed by atoms with Crippen LogP contribution in [0.2, 0.25) is 0 Å². The molecule has 0 unspecified atom stereocenters. The average Bonchev–Trinajstić information content (AvgIpc) is 2.60. The van der Waals surface area contributed by atoms with E-state index in [1.165, 1.54) is 19.2 Å². The molecule has 0 saturated heterocycles. The normalized spacial score (nSPS) is 11.6. The maximum Gasteiger partial charge on any atom is 0.240 e. The van der Waals surface area contributed by atoms with Crippen LogP contribution in [0.4, 0.5) is 0 Å². The zero-order chi connectivity index (χ0) is 17.2. The third kappa shape index (κ3) is 3.45. The van der Waals surface area contributed by atoms with Crippen molar-refractivity contribution in [1.29, 1.82) is 0 Å². The molecule has 0 aliphatic carbocycles. The molecule has 0 fully saturated rings. The Labute approximate surface area is 149 Å². The highest BCUT2D eigenvalue weighted by molar-refractivity contribution is 9.10. The molecule has 0 bridgehead atoms. The number of hydrogen-bond donors (Lipinski definition) is 1. The zero-order valence-corrected chi connectivity index (χ0v) is 15.4. The quantitative estimate of drug-likeness (QED) is 0.695. The highest BCUT2D eigenvalue weighted by Gasteiger charge is 2.16. The molecule has 0 amide bonds. The van der Waals surface area contributed by atoms with Crippen LogP contribution in [0.3, 0.4) is 0 Å². The van der Waals surface area contributed by atoms with Gasteiger partial charge >= 0.3 is 0 Å². The fourth-order valence-electron chi connectivity index (χ4n) is 2.52. The molecule has 3 rings (SSSR count). The van der Waals surface area contributed by atoms with Crippen LogP contribution in [0.25, 0.3) is 10.8 Å². The summed E-state index contributed by atoms with van der Waals surface area (Å²) in [6.07, 6.45) is 0. The van der Waals surface area contributed by atoms with Crippen molar-refractivity contribution in [2.45, 2.75) is 11.4 Å². The second-order valence-corrected chi connectivity index (χ2v) is 7.88. The van der Waals surface area contributed by atoms with E-state index in [1.807, 2.05) is 42.5 Å². The molecule has 0 aliphatic rings. The van der Waals surface area contributed by atoms with Gasteiger partial charge in [0.05, 0.1) is 16.5 Å². The molecule has 24 heavy (non-hydrogen) atoms. The molecule has 0 spiro atoms. The third-order valence-electron chi connectivity index (χ3n) is 3.77. The van der Waals surface area contributed by atoms with Crippen molar-refractivity contribution in [3.05, 3.63) is 70.7 Å². The van der Waals surface area contributed by atoms with Crippen molar-refractivity contribution in [2.24, 2.45) is 0 Å². The topological polar surface area (TPSA) is 55.4 Å². The van der Waals surface area contributed by atoms with Gasteiger partial charge in [0.25, 0.3) is 0 Å². The smallest absolute Gasteiger partial charge is 0.240 e. The summed E-state index contributed by atoms with van der Waals surface area (Å²) in [5.74, 6) is 0.586. The van der Waals surface area contributed by atoms with Crippen LogP contribution in [-0.4, -0.2) is 15.5 Å². The lowest BCUT2D eigenvalue weighted by Crippen LogP contribution is -2.23. The molecule has 0 aromatic heterocycles. The van der Waals surface area contributed by atoms with Crippen LogP contribution in [0.5, 0.6) is 5.75 Å². The minimum atomic E-state index is -3.61. The molecule has 0 radical (unpaired) electrons. The van der Waals surface area contributed by atoms with E-state index >= 15 is 0 Å². The Morgan fingerprint density at radius 3 is 2.54 bits per heavy atom. The van der Waals surface area contributed by atoms with Crippen molar-refractivity contribution in [3.63, 3.8) is 0 Å². The van der Waals surface area contributed by atoms with Crippen molar-refractivity contribution < 1.29 is 13.2 Å². The summed E-state index contributed by atoms with van der Waals surface area (Å²) in [6, 6.07) is 18.4.